The highest BCUT2D eigenvalue weighted by molar-refractivity contribution is 5.82. The first-order valence-corrected chi connectivity index (χ1v) is 11.4. The van der Waals surface area contributed by atoms with Crippen LogP contribution in [0.4, 0.5) is 0 Å². The summed E-state index contributed by atoms with van der Waals surface area (Å²) in [7, 11) is 0. The predicted octanol–water partition coefficient (Wildman–Crippen LogP) is 6.25. The second-order valence-corrected chi connectivity index (χ2v) is 8.09. The molecular weight excluding hydrogens is 372 g/mol. The van der Waals surface area contributed by atoms with E-state index in [9.17, 15) is 0 Å². The molecule has 2 aromatic rings. The number of ether oxygens (including phenoxy) is 2. The molecule has 1 aliphatic heterocycles. The number of aryl methyl sites for hydroxylation is 1. The van der Waals surface area contributed by atoms with Gasteiger partial charge in [0.15, 0.2) is 0 Å². The topological polar surface area (TPSA) is 42.9 Å². The van der Waals surface area contributed by atoms with Crippen LogP contribution >= 0.6 is 0 Å². The highest BCUT2D eigenvalue weighted by Crippen LogP contribution is 2.23. The van der Waals surface area contributed by atoms with Gasteiger partial charge in [-0.15, -0.1) is 0 Å². The Morgan fingerprint density at radius 2 is 1.63 bits per heavy atom. The van der Waals surface area contributed by atoms with Crippen molar-refractivity contribution < 1.29 is 9.47 Å². The van der Waals surface area contributed by atoms with Crippen molar-refractivity contribution in [3.8, 4) is 11.5 Å². The molecule has 1 N–H and O–H groups in total. The molecule has 0 bridgehead atoms. The maximum atomic E-state index is 5.93. The van der Waals surface area contributed by atoms with Crippen LogP contribution in [0.25, 0.3) is 0 Å². The van der Waals surface area contributed by atoms with Crippen molar-refractivity contribution in [3.05, 3.63) is 59.7 Å². The van der Waals surface area contributed by atoms with Crippen molar-refractivity contribution in [2.24, 2.45) is 4.99 Å². The van der Waals surface area contributed by atoms with Crippen LogP contribution in [0.3, 0.4) is 0 Å². The van der Waals surface area contributed by atoms with Crippen LogP contribution in [0, 0.1) is 6.92 Å². The molecule has 0 radical (unpaired) electrons. The molecule has 162 valence electrons. The van der Waals surface area contributed by atoms with Gasteiger partial charge < -0.3 is 14.8 Å². The first-order chi connectivity index (χ1) is 14.7. The van der Waals surface area contributed by atoms with Crippen LogP contribution in [-0.2, 0) is 0 Å². The SMILES string of the molecule is Cc1cc(OCCCOc2ccccc2)ccc1C(C)NC1=NCCCCCCC1. The fourth-order valence-corrected chi connectivity index (χ4v) is 3.85. The number of nitrogens with zero attached hydrogens (tertiary/aromatic N) is 1. The lowest BCUT2D eigenvalue weighted by molar-refractivity contribution is 0.247. The number of rotatable bonds is 8. The molecule has 0 saturated heterocycles. The Kier molecular flexibility index (Phi) is 9.07. The molecule has 0 amide bonds. The molecule has 2 aromatic carbocycles. The van der Waals surface area contributed by atoms with Crippen molar-refractivity contribution in [2.75, 3.05) is 19.8 Å². The summed E-state index contributed by atoms with van der Waals surface area (Å²) in [6, 6.07) is 16.5. The van der Waals surface area contributed by atoms with Crippen molar-refractivity contribution in [2.45, 2.75) is 64.8 Å². The van der Waals surface area contributed by atoms with Crippen LogP contribution in [0.2, 0.25) is 0 Å². The number of hydrogen-bond acceptors (Lipinski definition) is 4. The number of aliphatic imine (C=N–C) groups is 1. The molecule has 1 unspecified atom stereocenters. The van der Waals surface area contributed by atoms with Crippen molar-refractivity contribution >= 4 is 5.84 Å². The summed E-state index contributed by atoms with van der Waals surface area (Å²) in [4.78, 5) is 4.80. The van der Waals surface area contributed by atoms with Crippen molar-refractivity contribution in [1.82, 2.24) is 5.32 Å². The molecule has 1 aliphatic rings. The van der Waals surface area contributed by atoms with Gasteiger partial charge in [0, 0.05) is 25.4 Å². The summed E-state index contributed by atoms with van der Waals surface area (Å²) in [6.45, 7) is 6.64. The van der Waals surface area contributed by atoms with Crippen LogP contribution in [0.15, 0.2) is 53.5 Å². The van der Waals surface area contributed by atoms with Gasteiger partial charge in [-0.05, 0) is 62.1 Å². The fraction of sp³-hybridized carbons (Fsp3) is 0.500. The minimum Gasteiger partial charge on any atom is -0.493 e. The second kappa shape index (κ2) is 12.3. The molecule has 0 saturated carbocycles. The monoisotopic (exact) mass is 408 g/mol. The Balaban J connectivity index is 1.45. The molecule has 4 nitrogen and oxygen atoms in total. The quantitative estimate of drug-likeness (QED) is 0.525. The summed E-state index contributed by atoms with van der Waals surface area (Å²) in [5.74, 6) is 2.99. The molecule has 1 heterocycles. The van der Waals surface area contributed by atoms with E-state index in [1.54, 1.807) is 0 Å². The lowest BCUT2D eigenvalue weighted by atomic mass is 10.0. The number of amidine groups is 1. The van der Waals surface area contributed by atoms with E-state index >= 15 is 0 Å². The molecule has 0 aromatic heterocycles. The molecule has 4 heteroatoms. The van der Waals surface area contributed by atoms with Gasteiger partial charge in [-0.1, -0.05) is 43.5 Å². The highest BCUT2D eigenvalue weighted by atomic mass is 16.5. The van der Waals surface area contributed by atoms with E-state index in [4.69, 9.17) is 14.5 Å². The van der Waals surface area contributed by atoms with Crippen LogP contribution in [0.5, 0.6) is 11.5 Å². The van der Waals surface area contributed by atoms with E-state index in [-0.39, 0.29) is 6.04 Å². The van der Waals surface area contributed by atoms with Crippen LogP contribution < -0.4 is 14.8 Å². The zero-order valence-corrected chi connectivity index (χ0v) is 18.5. The highest BCUT2D eigenvalue weighted by Gasteiger charge is 2.12. The van der Waals surface area contributed by atoms with E-state index in [0.717, 1.165) is 30.9 Å². The van der Waals surface area contributed by atoms with Crippen LogP contribution in [0.1, 0.15) is 69.0 Å². The first kappa shape index (κ1) is 22.2. The summed E-state index contributed by atoms with van der Waals surface area (Å²) < 4.78 is 11.6. The van der Waals surface area contributed by atoms with Gasteiger partial charge in [-0.2, -0.15) is 0 Å². The first-order valence-electron chi connectivity index (χ1n) is 11.4. The zero-order valence-electron chi connectivity index (χ0n) is 18.5. The van der Waals surface area contributed by atoms with Crippen LogP contribution in [-0.4, -0.2) is 25.6 Å². The molecule has 30 heavy (non-hydrogen) atoms. The van der Waals surface area contributed by atoms with Gasteiger partial charge in [-0.25, -0.2) is 0 Å². The molecule has 0 fully saturated rings. The minimum absolute atomic E-state index is 0.248. The second-order valence-electron chi connectivity index (χ2n) is 8.09. The van der Waals surface area contributed by atoms with Gasteiger partial charge in [-0.3, -0.25) is 4.99 Å². The van der Waals surface area contributed by atoms with Crippen molar-refractivity contribution in [1.29, 1.82) is 0 Å². The molecule has 3 rings (SSSR count). The standard InChI is InChI=1S/C26H36N2O2/c1-21-20-24(30-19-11-18-29-23-12-7-6-8-13-23)15-16-25(21)22(2)28-26-14-9-4-3-5-10-17-27-26/h6-8,12-13,15-16,20,22H,3-5,9-11,14,17-19H2,1-2H3,(H,27,28). The molecule has 0 aliphatic carbocycles. The molecular formula is C26H36N2O2. The lowest BCUT2D eigenvalue weighted by Gasteiger charge is -2.20. The number of nitrogens with one attached hydrogen (secondary N) is 1. The van der Waals surface area contributed by atoms with Gasteiger partial charge in [0.25, 0.3) is 0 Å². The van der Waals surface area contributed by atoms with E-state index in [0.29, 0.717) is 13.2 Å². The number of hydrogen-bond donors (Lipinski definition) is 1. The number of benzene rings is 2. The van der Waals surface area contributed by atoms with E-state index in [2.05, 4.69) is 37.4 Å². The van der Waals surface area contributed by atoms with Gasteiger partial charge >= 0.3 is 0 Å². The molecule has 0 spiro atoms. The maximum Gasteiger partial charge on any atom is 0.119 e. The lowest BCUT2D eigenvalue weighted by Crippen LogP contribution is -2.27. The van der Waals surface area contributed by atoms with E-state index < -0.39 is 0 Å². The Hall–Kier alpha value is -2.49. The summed E-state index contributed by atoms with van der Waals surface area (Å²) in [5, 5.41) is 3.66. The van der Waals surface area contributed by atoms with Gasteiger partial charge in [0.1, 0.15) is 11.5 Å². The Morgan fingerprint density at radius 3 is 2.43 bits per heavy atom. The Bertz CT molecular complexity index is 789. The van der Waals surface area contributed by atoms with Gasteiger partial charge in [0.2, 0.25) is 0 Å². The Morgan fingerprint density at radius 1 is 0.900 bits per heavy atom. The minimum atomic E-state index is 0.248. The average molecular weight is 409 g/mol. The fourth-order valence-electron chi connectivity index (χ4n) is 3.85. The number of para-hydroxylation sites is 1. The maximum absolute atomic E-state index is 5.93. The Labute approximate surface area is 181 Å². The summed E-state index contributed by atoms with van der Waals surface area (Å²) in [5.41, 5.74) is 2.55. The zero-order chi connectivity index (χ0) is 21.0. The van der Waals surface area contributed by atoms with Crippen molar-refractivity contribution in [3.63, 3.8) is 0 Å². The molecule has 1 atom stereocenters. The van der Waals surface area contributed by atoms with Gasteiger partial charge in [0.05, 0.1) is 19.0 Å². The van der Waals surface area contributed by atoms with E-state index in [1.165, 1.54) is 49.1 Å². The third-order valence-electron chi connectivity index (χ3n) is 5.53. The third kappa shape index (κ3) is 7.40. The predicted molar refractivity (Wildman–Crippen MR) is 125 cm³/mol. The largest absolute Gasteiger partial charge is 0.493 e. The average Bonchev–Trinajstić information content (AvgIpc) is 2.88. The third-order valence-corrected chi connectivity index (χ3v) is 5.53. The smallest absolute Gasteiger partial charge is 0.119 e. The van der Waals surface area contributed by atoms with E-state index in [1.807, 2.05) is 30.3 Å². The summed E-state index contributed by atoms with van der Waals surface area (Å²) >= 11 is 0. The summed E-state index contributed by atoms with van der Waals surface area (Å²) in [6.07, 6.45) is 8.33. The normalized spacial score (nSPS) is 15.9.